The van der Waals surface area contributed by atoms with Crippen LogP contribution in [0, 0.1) is 28.6 Å². The number of nitriles is 2. The Hall–Kier alpha value is -2.47. The number of alkyl halides is 2. The predicted molar refractivity (Wildman–Crippen MR) is 68.5 cm³/mol. The van der Waals surface area contributed by atoms with E-state index >= 15 is 0 Å². The van der Waals surface area contributed by atoms with Gasteiger partial charge in [0.15, 0.2) is 0 Å². The number of benzene rings is 1. The topological polar surface area (TPSA) is 84.9 Å². The zero-order valence-corrected chi connectivity index (χ0v) is 11.0. The molecule has 0 heterocycles. The van der Waals surface area contributed by atoms with Crippen LogP contribution in [0.2, 0.25) is 0 Å². The van der Waals surface area contributed by atoms with Gasteiger partial charge in [-0.05, 0) is 30.0 Å². The minimum Gasteiger partial charge on any atom is -0.481 e. The molecule has 6 heteroatoms. The summed E-state index contributed by atoms with van der Waals surface area (Å²) in [6.07, 6.45) is -0.652. The molecular formula is C15H12F2N2O2. The summed E-state index contributed by atoms with van der Waals surface area (Å²) in [5.41, 5.74) is 0.494. The number of carbonyl (C=O) groups is 1. The molecule has 4 nitrogen and oxygen atoms in total. The van der Waals surface area contributed by atoms with Crippen molar-refractivity contribution in [3.63, 3.8) is 0 Å². The predicted octanol–water partition coefficient (Wildman–Crippen LogP) is 3.03. The fraction of sp³-hybridized carbons (Fsp3) is 0.400. The van der Waals surface area contributed by atoms with Crippen LogP contribution in [0.15, 0.2) is 18.2 Å². The molecule has 0 unspecified atom stereocenters. The average molecular weight is 290 g/mol. The van der Waals surface area contributed by atoms with Gasteiger partial charge in [-0.15, -0.1) is 0 Å². The van der Waals surface area contributed by atoms with E-state index in [4.69, 9.17) is 10.5 Å². The highest BCUT2D eigenvalue weighted by Crippen LogP contribution is 2.45. The monoisotopic (exact) mass is 290 g/mol. The highest BCUT2D eigenvalue weighted by Gasteiger charge is 2.45. The van der Waals surface area contributed by atoms with E-state index in [1.165, 1.54) is 18.2 Å². The third kappa shape index (κ3) is 3.00. The number of carboxylic acids is 1. The lowest BCUT2D eigenvalue weighted by Crippen LogP contribution is -2.21. The zero-order chi connectivity index (χ0) is 15.6. The molecule has 0 saturated heterocycles. The van der Waals surface area contributed by atoms with Gasteiger partial charge in [0.2, 0.25) is 5.92 Å². The van der Waals surface area contributed by atoms with Crippen LogP contribution < -0.4 is 0 Å². The van der Waals surface area contributed by atoms with Gasteiger partial charge in [0.1, 0.15) is 12.1 Å². The fourth-order valence-electron chi connectivity index (χ4n) is 2.83. The molecule has 0 aliphatic heterocycles. The van der Waals surface area contributed by atoms with Crippen LogP contribution in [0.3, 0.4) is 0 Å². The molecule has 0 aromatic heterocycles. The summed E-state index contributed by atoms with van der Waals surface area (Å²) in [7, 11) is 0. The fourth-order valence-corrected chi connectivity index (χ4v) is 2.83. The summed E-state index contributed by atoms with van der Waals surface area (Å²) >= 11 is 0. The van der Waals surface area contributed by atoms with Crippen LogP contribution in [0.25, 0.3) is 0 Å². The van der Waals surface area contributed by atoms with E-state index in [-0.39, 0.29) is 24.0 Å². The van der Waals surface area contributed by atoms with Crippen molar-refractivity contribution >= 4 is 5.97 Å². The molecule has 0 spiro atoms. The van der Waals surface area contributed by atoms with Gasteiger partial charge in [-0.25, -0.2) is 8.78 Å². The zero-order valence-electron chi connectivity index (χ0n) is 11.0. The molecule has 0 bridgehead atoms. The number of nitrogens with zero attached hydrogens (tertiary/aromatic N) is 2. The summed E-state index contributed by atoms with van der Waals surface area (Å²) < 4.78 is 26.6. The number of hydrogen-bond acceptors (Lipinski definition) is 3. The number of halogens is 2. The van der Waals surface area contributed by atoms with Crippen molar-refractivity contribution < 1.29 is 18.7 Å². The first-order valence-corrected chi connectivity index (χ1v) is 6.43. The summed E-state index contributed by atoms with van der Waals surface area (Å²) in [4.78, 5) is 11.5. The first kappa shape index (κ1) is 14.9. The summed E-state index contributed by atoms with van der Waals surface area (Å²) in [5.74, 6) is -5.77. The molecule has 21 heavy (non-hydrogen) atoms. The molecule has 2 atom stereocenters. The SMILES string of the molecule is N#Cc1ccc([C@H](C(=O)O)[C@@H]2CCC(F)(F)C2)cc1C#N. The van der Waals surface area contributed by atoms with Crippen LogP contribution in [0.4, 0.5) is 8.78 Å². The highest BCUT2D eigenvalue weighted by molar-refractivity contribution is 5.77. The lowest BCUT2D eigenvalue weighted by Gasteiger charge is -2.20. The molecule has 0 radical (unpaired) electrons. The van der Waals surface area contributed by atoms with Crippen LogP contribution in [-0.4, -0.2) is 17.0 Å². The van der Waals surface area contributed by atoms with Crippen molar-refractivity contribution in [3.05, 3.63) is 34.9 Å². The molecular weight excluding hydrogens is 278 g/mol. The second-order valence-corrected chi connectivity index (χ2v) is 5.20. The van der Waals surface area contributed by atoms with Crippen LogP contribution in [0.1, 0.15) is 41.9 Å². The summed E-state index contributed by atoms with van der Waals surface area (Å²) in [5, 5.41) is 27.2. The first-order chi connectivity index (χ1) is 9.88. The number of rotatable bonds is 3. The normalized spacial score (nSPS) is 21.2. The van der Waals surface area contributed by atoms with Gasteiger partial charge in [0.05, 0.1) is 17.0 Å². The smallest absolute Gasteiger partial charge is 0.311 e. The lowest BCUT2D eigenvalue weighted by atomic mass is 9.83. The molecule has 1 saturated carbocycles. The van der Waals surface area contributed by atoms with E-state index in [0.29, 0.717) is 5.56 Å². The molecule has 1 aromatic rings. The first-order valence-electron chi connectivity index (χ1n) is 6.43. The summed E-state index contributed by atoms with van der Waals surface area (Å²) in [6.45, 7) is 0. The van der Waals surface area contributed by atoms with Crippen LogP contribution >= 0.6 is 0 Å². The van der Waals surface area contributed by atoms with E-state index < -0.39 is 30.1 Å². The average Bonchev–Trinajstić information content (AvgIpc) is 2.78. The largest absolute Gasteiger partial charge is 0.481 e. The van der Waals surface area contributed by atoms with Crippen molar-refractivity contribution in [1.82, 2.24) is 0 Å². The van der Waals surface area contributed by atoms with Crippen molar-refractivity contribution in [3.8, 4) is 12.1 Å². The molecule has 108 valence electrons. The Labute approximate surface area is 120 Å². The summed E-state index contributed by atoms with van der Waals surface area (Å²) in [6, 6.07) is 7.76. The molecule has 1 aliphatic rings. The van der Waals surface area contributed by atoms with Gasteiger partial charge in [0, 0.05) is 12.8 Å². The van der Waals surface area contributed by atoms with Gasteiger partial charge < -0.3 is 5.11 Å². The van der Waals surface area contributed by atoms with E-state index in [1.807, 2.05) is 12.1 Å². The van der Waals surface area contributed by atoms with E-state index in [0.717, 1.165) is 0 Å². The maximum atomic E-state index is 13.3. The number of aliphatic carboxylic acids is 1. The maximum Gasteiger partial charge on any atom is 0.311 e. The van der Waals surface area contributed by atoms with Crippen molar-refractivity contribution in [2.75, 3.05) is 0 Å². The van der Waals surface area contributed by atoms with Crippen molar-refractivity contribution in [2.24, 2.45) is 5.92 Å². The second kappa shape index (κ2) is 5.49. The molecule has 1 aromatic carbocycles. The number of hydrogen-bond donors (Lipinski definition) is 1. The van der Waals surface area contributed by atoms with Crippen molar-refractivity contribution in [2.45, 2.75) is 31.1 Å². The molecule has 2 rings (SSSR count). The molecule has 1 fully saturated rings. The van der Waals surface area contributed by atoms with Gasteiger partial charge in [0.25, 0.3) is 0 Å². The molecule has 0 amide bonds. The van der Waals surface area contributed by atoms with Gasteiger partial charge in [-0.1, -0.05) is 6.07 Å². The van der Waals surface area contributed by atoms with E-state index in [2.05, 4.69) is 0 Å². The quantitative estimate of drug-likeness (QED) is 0.927. The second-order valence-electron chi connectivity index (χ2n) is 5.20. The van der Waals surface area contributed by atoms with E-state index in [9.17, 15) is 18.7 Å². The minimum atomic E-state index is -2.83. The van der Waals surface area contributed by atoms with Crippen LogP contribution in [-0.2, 0) is 4.79 Å². The van der Waals surface area contributed by atoms with Gasteiger partial charge >= 0.3 is 5.97 Å². The Morgan fingerprint density at radius 2 is 2.00 bits per heavy atom. The number of carboxylic acid groups (broad SMARTS) is 1. The third-order valence-electron chi connectivity index (χ3n) is 3.82. The van der Waals surface area contributed by atoms with E-state index in [1.54, 1.807) is 0 Å². The van der Waals surface area contributed by atoms with Gasteiger partial charge in [-0.2, -0.15) is 10.5 Å². The molecule has 1 aliphatic carbocycles. The maximum absolute atomic E-state index is 13.3. The Balaban J connectivity index is 2.39. The minimum absolute atomic E-state index is 0.0611. The van der Waals surface area contributed by atoms with Crippen molar-refractivity contribution in [1.29, 1.82) is 10.5 Å². The van der Waals surface area contributed by atoms with Gasteiger partial charge in [-0.3, -0.25) is 4.79 Å². The Morgan fingerprint density at radius 3 is 2.48 bits per heavy atom. The lowest BCUT2D eigenvalue weighted by molar-refractivity contribution is -0.140. The standard InChI is InChI=1S/C15H12F2N2O2/c16-15(17)4-3-10(6-15)13(14(20)21)9-1-2-11(7-18)12(5-9)8-19/h1-2,5,10,13H,3-4,6H2,(H,20,21)/t10-,13+/m1/s1. The molecule has 1 N–H and O–H groups in total. The third-order valence-corrected chi connectivity index (χ3v) is 3.82. The Kier molecular flexibility index (Phi) is 3.90. The Morgan fingerprint density at radius 1 is 1.33 bits per heavy atom. The Bertz CT molecular complexity index is 659. The van der Waals surface area contributed by atoms with Crippen LogP contribution in [0.5, 0.6) is 0 Å². The highest BCUT2D eigenvalue weighted by atomic mass is 19.3.